The van der Waals surface area contributed by atoms with Crippen molar-refractivity contribution in [1.82, 2.24) is 5.32 Å². The molecule has 0 amide bonds. The van der Waals surface area contributed by atoms with Crippen molar-refractivity contribution in [3.05, 3.63) is 0 Å². The van der Waals surface area contributed by atoms with Gasteiger partial charge in [-0.05, 0) is 24.8 Å². The van der Waals surface area contributed by atoms with Crippen molar-refractivity contribution in [3.63, 3.8) is 0 Å². The van der Waals surface area contributed by atoms with E-state index in [0.29, 0.717) is 0 Å². The van der Waals surface area contributed by atoms with Crippen molar-refractivity contribution < 1.29 is 1.37 Å². The average molecular weight is 114 g/mol. The zero-order valence-electron chi connectivity index (χ0n) is 6.70. The highest BCUT2D eigenvalue weighted by molar-refractivity contribution is 4.75. The lowest BCUT2D eigenvalue weighted by atomic mass is 9.85. The van der Waals surface area contributed by atoms with Crippen LogP contribution in [0.5, 0.6) is 0 Å². The lowest BCUT2D eigenvalue weighted by molar-refractivity contribution is 0.265. The minimum atomic E-state index is 0.138. The topological polar surface area (TPSA) is 12.0 Å². The monoisotopic (exact) mass is 114 g/mol. The number of hydrogen-bond donors (Lipinski definition) is 1. The van der Waals surface area contributed by atoms with E-state index in [1.54, 1.807) is 0 Å². The van der Waals surface area contributed by atoms with Crippen LogP contribution in [0.15, 0.2) is 0 Å². The molecule has 0 bridgehead atoms. The molecule has 1 nitrogen and oxygen atoms in total. The molecule has 1 aliphatic heterocycles. The average Bonchev–Trinajstić information content (AvgIpc) is 1.77. The Labute approximate surface area is 52.9 Å². The van der Waals surface area contributed by atoms with E-state index in [-0.39, 0.29) is 11.8 Å². The lowest BCUT2D eigenvalue weighted by Crippen LogP contribution is -2.35. The van der Waals surface area contributed by atoms with E-state index in [0.717, 1.165) is 19.5 Å². The minimum Gasteiger partial charge on any atom is -0.316 e. The molecular weight excluding hydrogens is 98.1 g/mol. The normalized spacial score (nSPS) is 38.8. The quantitative estimate of drug-likeness (QED) is 0.502. The Kier molecular flexibility index (Phi) is 1.24. The third kappa shape index (κ3) is 1.48. The summed E-state index contributed by atoms with van der Waals surface area (Å²) >= 11 is 0. The second-order valence-corrected chi connectivity index (χ2v) is 3.16. The molecule has 1 rings (SSSR count). The minimum absolute atomic E-state index is 0.138. The molecule has 0 spiro atoms. The van der Waals surface area contributed by atoms with Gasteiger partial charge in [-0.3, -0.25) is 0 Å². The molecule has 48 valence electrons. The molecule has 1 N–H and O–H groups in total. The number of piperidine rings is 1. The fourth-order valence-corrected chi connectivity index (χ4v) is 1.05. The maximum absolute atomic E-state index is 7.63. The van der Waals surface area contributed by atoms with E-state index >= 15 is 0 Å². The Morgan fingerprint density at radius 2 is 2.38 bits per heavy atom. The van der Waals surface area contributed by atoms with Crippen molar-refractivity contribution in [1.29, 1.82) is 0 Å². The zero-order valence-corrected chi connectivity index (χ0v) is 5.70. The summed E-state index contributed by atoms with van der Waals surface area (Å²) < 4.78 is 7.63. The van der Waals surface area contributed by atoms with Gasteiger partial charge in [0.1, 0.15) is 0 Å². The number of hydrogen-bond acceptors (Lipinski definition) is 1. The van der Waals surface area contributed by atoms with Gasteiger partial charge in [-0.1, -0.05) is 13.8 Å². The van der Waals surface area contributed by atoms with Crippen LogP contribution >= 0.6 is 0 Å². The van der Waals surface area contributed by atoms with Gasteiger partial charge in [-0.15, -0.1) is 0 Å². The molecule has 1 aliphatic rings. The summed E-state index contributed by atoms with van der Waals surface area (Å²) in [5.41, 5.74) is 0.193. The maximum atomic E-state index is 7.63. The molecule has 1 unspecified atom stereocenters. The van der Waals surface area contributed by atoms with E-state index in [9.17, 15) is 0 Å². The van der Waals surface area contributed by atoms with Gasteiger partial charge in [0.05, 0.1) is 0 Å². The Bertz CT molecular complexity index is 101. The highest BCUT2D eigenvalue weighted by Crippen LogP contribution is 2.23. The lowest BCUT2D eigenvalue weighted by Gasteiger charge is -2.29. The molecule has 1 heterocycles. The Balaban J connectivity index is 2.49. The second kappa shape index (κ2) is 2.06. The predicted octanol–water partition coefficient (Wildman–Crippen LogP) is 1.40. The number of nitrogens with one attached hydrogen (secondary N) is 1. The summed E-state index contributed by atoms with van der Waals surface area (Å²) in [4.78, 5) is 0. The van der Waals surface area contributed by atoms with Gasteiger partial charge >= 0.3 is 0 Å². The van der Waals surface area contributed by atoms with Crippen LogP contribution in [0.3, 0.4) is 0 Å². The van der Waals surface area contributed by atoms with Crippen LogP contribution in [0.2, 0.25) is 0 Å². The van der Waals surface area contributed by atoms with Crippen LogP contribution in [0.1, 0.15) is 28.0 Å². The maximum Gasteiger partial charge on any atom is 0.0273 e. The van der Waals surface area contributed by atoms with E-state index < -0.39 is 0 Å². The van der Waals surface area contributed by atoms with Crippen molar-refractivity contribution in [2.24, 2.45) is 5.41 Å². The molecule has 0 aliphatic carbocycles. The van der Waals surface area contributed by atoms with Gasteiger partial charge in [0.25, 0.3) is 0 Å². The van der Waals surface area contributed by atoms with Crippen LogP contribution in [-0.4, -0.2) is 13.1 Å². The molecule has 0 aromatic rings. The highest BCUT2D eigenvalue weighted by Gasteiger charge is 2.19. The third-order valence-corrected chi connectivity index (χ3v) is 1.60. The molecule has 1 heteroatoms. The van der Waals surface area contributed by atoms with Gasteiger partial charge in [0, 0.05) is 7.92 Å². The fraction of sp³-hybridized carbons (Fsp3) is 1.00. The largest absolute Gasteiger partial charge is 0.316 e. The summed E-state index contributed by atoms with van der Waals surface area (Å²) in [7, 11) is 0. The van der Waals surface area contributed by atoms with Crippen LogP contribution in [0.25, 0.3) is 0 Å². The van der Waals surface area contributed by atoms with Gasteiger partial charge in [-0.25, -0.2) is 0 Å². The molecular formula is C7H15N. The first kappa shape index (κ1) is 4.80. The molecule has 0 saturated carbocycles. The van der Waals surface area contributed by atoms with Crippen molar-refractivity contribution in [2.75, 3.05) is 13.1 Å². The molecule has 1 fully saturated rings. The van der Waals surface area contributed by atoms with Crippen molar-refractivity contribution in [3.8, 4) is 0 Å². The highest BCUT2D eigenvalue weighted by atomic mass is 14.9. The van der Waals surface area contributed by atoms with Crippen LogP contribution in [0.4, 0.5) is 0 Å². The zero-order chi connectivity index (χ0) is 6.91. The summed E-state index contributed by atoms with van der Waals surface area (Å²) in [6.07, 6.45) is 1.14. The molecule has 0 aromatic heterocycles. The van der Waals surface area contributed by atoms with Gasteiger partial charge in [0.15, 0.2) is 0 Å². The third-order valence-electron chi connectivity index (χ3n) is 1.60. The first-order valence-electron chi connectivity index (χ1n) is 3.83. The molecule has 1 atom stereocenters. The van der Waals surface area contributed by atoms with E-state index in [4.69, 9.17) is 1.37 Å². The van der Waals surface area contributed by atoms with Crippen molar-refractivity contribution in [2.45, 2.75) is 26.7 Å². The predicted molar refractivity (Wildman–Crippen MR) is 35.9 cm³/mol. The Morgan fingerprint density at radius 3 is 2.75 bits per heavy atom. The molecule has 0 radical (unpaired) electrons. The van der Waals surface area contributed by atoms with Gasteiger partial charge < -0.3 is 5.32 Å². The summed E-state index contributed by atoms with van der Waals surface area (Å²) in [5.74, 6) is 0. The van der Waals surface area contributed by atoms with E-state index in [1.807, 2.05) is 0 Å². The SMILES string of the molecule is [2H]C1CCNCC1(C)C. The van der Waals surface area contributed by atoms with Crippen molar-refractivity contribution >= 4 is 0 Å². The van der Waals surface area contributed by atoms with Gasteiger partial charge in [-0.2, -0.15) is 0 Å². The molecule has 0 aromatic carbocycles. The fourth-order valence-electron chi connectivity index (χ4n) is 1.05. The second-order valence-electron chi connectivity index (χ2n) is 3.16. The standard InChI is InChI=1S/C7H15N/c1-7(2)4-3-5-8-6-7/h8H,3-6H2,1-2H3/i4D. The van der Waals surface area contributed by atoms with E-state index in [2.05, 4.69) is 19.2 Å². The van der Waals surface area contributed by atoms with E-state index in [1.165, 1.54) is 0 Å². The van der Waals surface area contributed by atoms with Gasteiger partial charge in [0.2, 0.25) is 0 Å². The first-order valence-corrected chi connectivity index (χ1v) is 3.26. The smallest absolute Gasteiger partial charge is 0.0273 e. The Hall–Kier alpha value is -0.0400. The summed E-state index contributed by atoms with van der Waals surface area (Å²) in [6.45, 7) is 6.33. The first-order chi connectivity index (χ1) is 4.13. The summed E-state index contributed by atoms with van der Waals surface area (Å²) in [6, 6.07) is 0. The van der Waals surface area contributed by atoms with Crippen LogP contribution in [0, 0.1) is 5.41 Å². The summed E-state index contributed by atoms with van der Waals surface area (Å²) in [5, 5.41) is 3.29. The molecule has 8 heavy (non-hydrogen) atoms. The molecule has 1 saturated heterocycles. The Morgan fingerprint density at radius 1 is 1.62 bits per heavy atom. The van der Waals surface area contributed by atoms with Crippen LogP contribution < -0.4 is 5.32 Å². The number of rotatable bonds is 0. The van der Waals surface area contributed by atoms with Crippen LogP contribution in [-0.2, 0) is 0 Å².